The smallest absolute Gasteiger partial charge is 0.239 e. The molecular weight excluding hydrogens is 282 g/mol. The van der Waals surface area contributed by atoms with E-state index in [1.54, 1.807) is 24.3 Å². The predicted octanol–water partition coefficient (Wildman–Crippen LogP) is 0.298. The molecule has 0 aromatic heterocycles. The van der Waals surface area contributed by atoms with E-state index in [0.717, 1.165) is 0 Å². The lowest BCUT2D eigenvalue weighted by molar-refractivity contribution is -0.125. The lowest BCUT2D eigenvalue weighted by atomic mass is 10.3. The molecule has 4 N–H and O–H groups in total. The molecule has 110 valence electrons. The highest BCUT2D eigenvalue weighted by Gasteiger charge is 2.08. The molecule has 0 saturated heterocycles. The van der Waals surface area contributed by atoms with Gasteiger partial charge in [0.1, 0.15) is 11.9 Å². The Balaban J connectivity index is 2.27. The normalized spacial score (nSPS) is 11.6. The van der Waals surface area contributed by atoms with Gasteiger partial charge >= 0.3 is 0 Å². The van der Waals surface area contributed by atoms with E-state index in [1.807, 2.05) is 6.92 Å². The van der Waals surface area contributed by atoms with Gasteiger partial charge in [0.25, 0.3) is 0 Å². The molecule has 0 aliphatic carbocycles. The summed E-state index contributed by atoms with van der Waals surface area (Å²) in [6.45, 7) is 1.91. The minimum atomic E-state index is -0.372. The molecule has 20 heavy (non-hydrogen) atoms. The van der Waals surface area contributed by atoms with Gasteiger partial charge < -0.3 is 21.1 Å². The van der Waals surface area contributed by atoms with Gasteiger partial charge in [0.2, 0.25) is 11.8 Å². The summed E-state index contributed by atoms with van der Waals surface area (Å²) in [5.74, 6) is -0.0348. The van der Waals surface area contributed by atoms with E-state index in [1.165, 1.54) is 0 Å². The summed E-state index contributed by atoms with van der Waals surface area (Å²) in [5, 5.41) is 5.61. The molecule has 0 aliphatic heterocycles. The van der Waals surface area contributed by atoms with Crippen LogP contribution in [0.15, 0.2) is 24.3 Å². The van der Waals surface area contributed by atoms with Gasteiger partial charge in [-0.2, -0.15) is 0 Å². The van der Waals surface area contributed by atoms with Crippen LogP contribution in [0.25, 0.3) is 0 Å². The summed E-state index contributed by atoms with van der Waals surface area (Å²) in [4.78, 5) is 22.3. The molecule has 0 aliphatic rings. The first kappa shape index (κ1) is 16.3. The fraction of sp³-hybridized carbons (Fsp3) is 0.385. The van der Waals surface area contributed by atoms with Gasteiger partial charge in [-0.15, -0.1) is 0 Å². The molecule has 0 spiro atoms. The SMILES string of the molecule is CC(CNC(=O)CNC(=O)CN)Oc1cccc(Cl)c1. The molecule has 0 radical (unpaired) electrons. The van der Waals surface area contributed by atoms with E-state index >= 15 is 0 Å². The summed E-state index contributed by atoms with van der Waals surface area (Å²) in [6.07, 6.45) is -0.220. The van der Waals surface area contributed by atoms with E-state index in [2.05, 4.69) is 10.6 Å². The van der Waals surface area contributed by atoms with Gasteiger partial charge in [-0.05, 0) is 25.1 Å². The molecule has 1 atom stereocenters. The highest BCUT2D eigenvalue weighted by molar-refractivity contribution is 6.30. The van der Waals surface area contributed by atoms with E-state index in [-0.39, 0.29) is 31.0 Å². The molecule has 2 amide bonds. The van der Waals surface area contributed by atoms with E-state index < -0.39 is 0 Å². The van der Waals surface area contributed by atoms with Gasteiger partial charge in [0.05, 0.1) is 19.6 Å². The Hall–Kier alpha value is -1.79. The van der Waals surface area contributed by atoms with Crippen LogP contribution < -0.4 is 21.1 Å². The Morgan fingerprint density at radius 2 is 2.10 bits per heavy atom. The largest absolute Gasteiger partial charge is 0.489 e. The second-order valence-electron chi connectivity index (χ2n) is 4.17. The van der Waals surface area contributed by atoms with Crippen LogP contribution in [-0.2, 0) is 9.59 Å². The molecule has 1 rings (SSSR count). The second-order valence-corrected chi connectivity index (χ2v) is 4.61. The zero-order valence-electron chi connectivity index (χ0n) is 11.2. The maximum Gasteiger partial charge on any atom is 0.239 e. The maximum atomic E-state index is 11.4. The number of benzene rings is 1. The van der Waals surface area contributed by atoms with Gasteiger partial charge in [0, 0.05) is 5.02 Å². The number of ether oxygens (including phenoxy) is 1. The molecule has 6 nitrogen and oxygen atoms in total. The quantitative estimate of drug-likeness (QED) is 0.675. The minimum absolute atomic E-state index is 0.0973. The summed E-state index contributed by atoms with van der Waals surface area (Å²) in [6, 6.07) is 7.01. The van der Waals surface area contributed by atoms with Crippen LogP contribution in [-0.4, -0.2) is 37.6 Å². The first-order chi connectivity index (χ1) is 9.51. The topological polar surface area (TPSA) is 93.5 Å². The van der Waals surface area contributed by atoms with Crippen LogP contribution in [0.1, 0.15) is 6.92 Å². The number of halogens is 1. The Kier molecular flexibility index (Phi) is 6.83. The molecule has 0 fully saturated rings. The average molecular weight is 300 g/mol. The molecule has 0 saturated carbocycles. The molecule has 0 bridgehead atoms. The first-order valence-corrected chi connectivity index (χ1v) is 6.54. The van der Waals surface area contributed by atoms with Crippen molar-refractivity contribution in [2.45, 2.75) is 13.0 Å². The Labute approximate surface area is 122 Å². The molecule has 0 heterocycles. The third kappa shape index (κ3) is 6.40. The van der Waals surface area contributed by atoms with Crippen LogP contribution >= 0.6 is 11.6 Å². The zero-order valence-corrected chi connectivity index (χ0v) is 11.9. The van der Waals surface area contributed by atoms with Gasteiger partial charge in [0.15, 0.2) is 0 Å². The lowest BCUT2D eigenvalue weighted by Gasteiger charge is -2.15. The number of nitrogens with one attached hydrogen (secondary N) is 2. The molecule has 1 aromatic rings. The minimum Gasteiger partial charge on any atom is -0.489 e. The van der Waals surface area contributed by atoms with Crippen LogP contribution in [0.4, 0.5) is 0 Å². The standard InChI is InChI=1S/C13H18ClN3O3/c1-9(20-11-4-2-3-10(14)5-11)7-16-13(19)8-17-12(18)6-15/h2-5,9H,6-8,15H2,1H3,(H,16,19)(H,17,18). The van der Waals surface area contributed by atoms with Crippen molar-refractivity contribution in [1.82, 2.24) is 10.6 Å². The number of hydrogen-bond donors (Lipinski definition) is 3. The lowest BCUT2D eigenvalue weighted by Crippen LogP contribution is -2.42. The van der Waals surface area contributed by atoms with Crippen molar-refractivity contribution >= 4 is 23.4 Å². The predicted molar refractivity (Wildman–Crippen MR) is 76.6 cm³/mol. The maximum absolute atomic E-state index is 11.4. The van der Waals surface area contributed by atoms with Gasteiger partial charge in [-0.1, -0.05) is 17.7 Å². The van der Waals surface area contributed by atoms with Gasteiger partial charge in [-0.25, -0.2) is 0 Å². The number of carbonyl (C=O) groups is 2. The van der Waals surface area contributed by atoms with Crippen LogP contribution in [0.2, 0.25) is 5.02 Å². The van der Waals surface area contributed by atoms with Crippen molar-refractivity contribution in [3.63, 3.8) is 0 Å². The highest BCUT2D eigenvalue weighted by Crippen LogP contribution is 2.18. The van der Waals surface area contributed by atoms with E-state index in [9.17, 15) is 9.59 Å². The van der Waals surface area contributed by atoms with Crippen molar-refractivity contribution in [3.05, 3.63) is 29.3 Å². The molecule has 7 heteroatoms. The zero-order chi connectivity index (χ0) is 15.0. The fourth-order valence-electron chi connectivity index (χ4n) is 1.39. The fourth-order valence-corrected chi connectivity index (χ4v) is 1.57. The first-order valence-electron chi connectivity index (χ1n) is 6.17. The summed E-state index contributed by atoms with van der Waals surface area (Å²) < 4.78 is 5.59. The molecular formula is C13H18ClN3O3. The summed E-state index contributed by atoms with van der Waals surface area (Å²) in [7, 11) is 0. The van der Waals surface area contributed by atoms with Crippen LogP contribution in [0.3, 0.4) is 0 Å². The Morgan fingerprint density at radius 3 is 2.75 bits per heavy atom. The average Bonchev–Trinajstić information content (AvgIpc) is 2.42. The van der Waals surface area contributed by atoms with Crippen molar-refractivity contribution in [2.24, 2.45) is 5.73 Å². The third-order valence-electron chi connectivity index (χ3n) is 2.35. The van der Waals surface area contributed by atoms with Crippen LogP contribution in [0.5, 0.6) is 5.75 Å². The monoisotopic (exact) mass is 299 g/mol. The summed E-state index contributed by atoms with van der Waals surface area (Å²) >= 11 is 5.84. The van der Waals surface area contributed by atoms with Crippen LogP contribution in [0, 0.1) is 0 Å². The molecule has 1 unspecified atom stereocenters. The Bertz CT molecular complexity index is 468. The van der Waals surface area contributed by atoms with Crippen molar-refractivity contribution in [2.75, 3.05) is 19.6 Å². The van der Waals surface area contributed by atoms with Gasteiger partial charge in [-0.3, -0.25) is 9.59 Å². The van der Waals surface area contributed by atoms with Crippen molar-refractivity contribution in [3.8, 4) is 5.75 Å². The van der Waals surface area contributed by atoms with E-state index in [4.69, 9.17) is 22.1 Å². The Morgan fingerprint density at radius 1 is 1.35 bits per heavy atom. The third-order valence-corrected chi connectivity index (χ3v) is 2.59. The number of nitrogens with two attached hydrogens (primary N) is 1. The number of rotatable bonds is 7. The second kappa shape index (κ2) is 8.39. The number of carbonyl (C=O) groups excluding carboxylic acids is 2. The summed E-state index contributed by atoms with van der Waals surface area (Å²) in [5.41, 5.74) is 5.10. The van der Waals surface area contributed by atoms with Crippen molar-refractivity contribution in [1.29, 1.82) is 0 Å². The highest BCUT2D eigenvalue weighted by atomic mass is 35.5. The van der Waals surface area contributed by atoms with E-state index in [0.29, 0.717) is 17.3 Å². The number of amides is 2. The molecule has 1 aromatic carbocycles. The van der Waals surface area contributed by atoms with Crippen molar-refractivity contribution < 1.29 is 14.3 Å². The number of hydrogen-bond acceptors (Lipinski definition) is 4.